The largest absolute Gasteiger partial charge is 0.487 e. The van der Waals surface area contributed by atoms with Crippen LogP contribution in [0, 0.1) is 24.7 Å². The SMILES string of the molecule is C=CCO[C@@]12Oc3ccc(OCc4cccc(C)n4)cc3[C@H]3[C@H](CCCCO)[C@@H](CCCCO)C=C(C(=NOC(C)(C)C)C[C@@H]1N(CCC)S(=O)(=O)c1cccc4cccnc14)[C@H]32. The van der Waals surface area contributed by atoms with Crippen molar-refractivity contribution in [2.24, 2.45) is 22.9 Å². The van der Waals surface area contributed by atoms with Crippen molar-refractivity contribution in [3.63, 3.8) is 0 Å². The lowest BCUT2D eigenvalue weighted by Gasteiger charge is -2.59. The summed E-state index contributed by atoms with van der Waals surface area (Å²) in [6, 6.07) is 19.7. The quantitative estimate of drug-likeness (QED) is 0.0500. The van der Waals surface area contributed by atoms with Gasteiger partial charge < -0.3 is 29.3 Å². The number of pyridine rings is 2. The van der Waals surface area contributed by atoms with Crippen LogP contribution in [-0.4, -0.2) is 82.4 Å². The maximum Gasteiger partial charge on any atom is 0.245 e. The molecule has 2 aliphatic carbocycles. The summed E-state index contributed by atoms with van der Waals surface area (Å²) in [5.74, 6) is -1.10. The predicted octanol–water partition coefficient (Wildman–Crippen LogP) is 9.05. The molecule has 12 nitrogen and oxygen atoms in total. The van der Waals surface area contributed by atoms with Crippen LogP contribution in [0.1, 0.15) is 102 Å². The fourth-order valence-corrected chi connectivity index (χ4v) is 11.7. The van der Waals surface area contributed by atoms with E-state index >= 15 is 8.42 Å². The molecule has 2 aromatic heterocycles. The van der Waals surface area contributed by atoms with Gasteiger partial charge in [-0.25, -0.2) is 8.42 Å². The molecule has 3 heterocycles. The molecule has 0 unspecified atom stereocenters. The van der Waals surface area contributed by atoms with Crippen molar-refractivity contribution in [3.05, 3.63) is 114 Å². The van der Waals surface area contributed by atoms with E-state index in [0.717, 1.165) is 48.2 Å². The maximum absolute atomic E-state index is 15.5. The van der Waals surface area contributed by atoms with Gasteiger partial charge in [0.1, 0.15) is 28.6 Å². The zero-order valence-corrected chi connectivity index (χ0v) is 38.2. The number of aliphatic hydroxyl groups is 2. The van der Waals surface area contributed by atoms with Gasteiger partial charge in [-0.2, -0.15) is 4.31 Å². The summed E-state index contributed by atoms with van der Waals surface area (Å²) in [5.41, 5.74) is 3.93. The van der Waals surface area contributed by atoms with Gasteiger partial charge in [-0.1, -0.05) is 61.3 Å². The Hall–Kier alpha value is -4.66. The lowest BCUT2D eigenvalue weighted by Crippen LogP contribution is -2.70. The van der Waals surface area contributed by atoms with Crippen molar-refractivity contribution in [1.29, 1.82) is 0 Å². The van der Waals surface area contributed by atoms with Crippen LogP contribution in [0.15, 0.2) is 107 Å². The summed E-state index contributed by atoms with van der Waals surface area (Å²) in [6.45, 7) is 14.5. The summed E-state index contributed by atoms with van der Waals surface area (Å²) < 4.78 is 53.6. The van der Waals surface area contributed by atoms with E-state index in [1.165, 1.54) is 0 Å². The van der Waals surface area contributed by atoms with Crippen LogP contribution < -0.4 is 9.47 Å². The first kappa shape index (κ1) is 46.3. The number of unbranched alkanes of at least 4 members (excludes halogenated alkanes) is 2. The molecule has 4 aromatic rings. The first-order chi connectivity index (χ1) is 30.3. The molecule has 2 aromatic carbocycles. The number of para-hydroxylation sites is 1. The van der Waals surface area contributed by atoms with Gasteiger partial charge >= 0.3 is 0 Å². The Morgan fingerprint density at radius 2 is 1.78 bits per heavy atom. The number of fused-ring (bicyclic) bond motifs is 3. The first-order valence-electron chi connectivity index (χ1n) is 22.5. The number of rotatable bonds is 20. The Bertz CT molecular complexity index is 2390. The van der Waals surface area contributed by atoms with Crippen LogP contribution >= 0.6 is 0 Å². The maximum atomic E-state index is 15.5. The van der Waals surface area contributed by atoms with Gasteiger partial charge in [0.2, 0.25) is 15.8 Å². The van der Waals surface area contributed by atoms with Gasteiger partial charge in [0.15, 0.2) is 0 Å². The summed E-state index contributed by atoms with van der Waals surface area (Å²) in [4.78, 5) is 15.6. The van der Waals surface area contributed by atoms with Gasteiger partial charge in [0.05, 0.1) is 35.5 Å². The van der Waals surface area contributed by atoms with Gasteiger partial charge in [-0.05, 0) is 120 Å². The molecule has 1 aliphatic heterocycles. The van der Waals surface area contributed by atoms with Crippen molar-refractivity contribution in [3.8, 4) is 11.5 Å². The highest BCUT2D eigenvalue weighted by Crippen LogP contribution is 2.62. The molecule has 0 radical (unpaired) electrons. The minimum Gasteiger partial charge on any atom is -0.487 e. The van der Waals surface area contributed by atoms with Crippen LogP contribution in [0.5, 0.6) is 11.5 Å². The highest BCUT2D eigenvalue weighted by molar-refractivity contribution is 7.89. The van der Waals surface area contributed by atoms with E-state index in [4.69, 9.17) is 24.2 Å². The molecular formula is C50H64N4O8S. The number of hydrogen-bond acceptors (Lipinski definition) is 11. The van der Waals surface area contributed by atoms with Crippen molar-refractivity contribution in [1.82, 2.24) is 14.3 Å². The van der Waals surface area contributed by atoms with E-state index < -0.39 is 33.4 Å². The molecule has 63 heavy (non-hydrogen) atoms. The number of aryl methyl sites for hydroxylation is 1. The zero-order valence-electron chi connectivity index (χ0n) is 37.4. The molecule has 2 N–H and O–H groups in total. The van der Waals surface area contributed by atoms with Gasteiger partial charge in [-0.3, -0.25) is 9.97 Å². The average molecular weight is 881 g/mol. The van der Waals surface area contributed by atoms with E-state index in [1.54, 1.807) is 34.8 Å². The second-order valence-corrected chi connectivity index (χ2v) is 19.8. The zero-order chi connectivity index (χ0) is 44.8. The smallest absolute Gasteiger partial charge is 0.245 e. The lowest BCUT2D eigenvalue weighted by atomic mass is 9.55. The van der Waals surface area contributed by atoms with Gasteiger partial charge in [0, 0.05) is 54.9 Å². The van der Waals surface area contributed by atoms with Crippen LogP contribution in [0.4, 0.5) is 0 Å². The number of oxime groups is 1. The highest BCUT2D eigenvalue weighted by atomic mass is 32.2. The second kappa shape index (κ2) is 20.0. The number of ether oxygens (including phenoxy) is 3. The molecule has 3 aliphatic rings. The monoisotopic (exact) mass is 880 g/mol. The van der Waals surface area contributed by atoms with Gasteiger partial charge in [-0.15, -0.1) is 6.58 Å². The molecule has 0 spiro atoms. The Kier molecular flexibility index (Phi) is 14.7. The lowest BCUT2D eigenvalue weighted by molar-refractivity contribution is -0.251. The summed E-state index contributed by atoms with van der Waals surface area (Å²) >= 11 is 0. The molecule has 0 amide bonds. The van der Waals surface area contributed by atoms with Crippen molar-refractivity contribution >= 4 is 26.6 Å². The normalized spacial score (nSPS) is 23.8. The minimum atomic E-state index is -4.28. The third-order valence-corrected chi connectivity index (χ3v) is 14.3. The standard InChI is InChI=1S/C50H64N4O8S/c1-7-26-54(63(57,58)44-22-14-18-35-19-15-25-51-48(35)44)45-32-42(53-62-49(4,5)6)40-30-36(17-9-11-27-55)39(21-10-12-28-56)46-41-31-38(59-33-37-20-13-16-34(3)52-37)23-24-43(41)61-50(45,47(40)46)60-29-8-2/h8,13-16,18-20,22-25,30-31,36,39,45-47,55-56H,2,7,9-12,17,21,26-29,32-33H2,1,3-6H3/t36-,39+,45-,46+,47+,50+/m0/s1. The molecule has 1 saturated carbocycles. The Balaban J connectivity index is 1.48. The molecule has 0 saturated heterocycles. The number of allylic oxidation sites excluding steroid dienone is 1. The summed E-state index contributed by atoms with van der Waals surface area (Å²) in [5, 5.41) is 25.6. The van der Waals surface area contributed by atoms with Crippen LogP contribution in [0.2, 0.25) is 0 Å². The molecule has 338 valence electrons. The van der Waals surface area contributed by atoms with E-state index in [0.29, 0.717) is 47.4 Å². The van der Waals surface area contributed by atoms with E-state index in [1.807, 2.05) is 77.1 Å². The molecule has 6 atom stereocenters. The number of sulfonamides is 1. The molecule has 13 heteroatoms. The average Bonchev–Trinajstić information content (AvgIpc) is 3.26. The van der Waals surface area contributed by atoms with Crippen LogP contribution in [-0.2, 0) is 26.2 Å². The molecular weight excluding hydrogens is 817 g/mol. The van der Waals surface area contributed by atoms with Crippen molar-refractivity contribution in [2.75, 3.05) is 26.4 Å². The fourth-order valence-electron chi connectivity index (χ4n) is 9.82. The number of aromatic nitrogens is 2. The summed E-state index contributed by atoms with van der Waals surface area (Å²) in [6.07, 6.45) is 10.7. The third kappa shape index (κ3) is 9.88. The highest BCUT2D eigenvalue weighted by Gasteiger charge is 2.66. The molecule has 0 bridgehead atoms. The van der Waals surface area contributed by atoms with E-state index in [-0.39, 0.29) is 62.0 Å². The number of nitrogens with zero attached hydrogens (tertiary/aromatic N) is 4. The predicted molar refractivity (Wildman–Crippen MR) is 245 cm³/mol. The van der Waals surface area contributed by atoms with Gasteiger partial charge in [0.25, 0.3) is 0 Å². The third-order valence-electron chi connectivity index (χ3n) is 12.4. The topological polar surface area (TPSA) is 153 Å². The molecule has 1 fully saturated rings. The Morgan fingerprint density at radius 3 is 2.51 bits per heavy atom. The van der Waals surface area contributed by atoms with E-state index in [9.17, 15) is 10.2 Å². The first-order valence-corrected chi connectivity index (χ1v) is 24.0. The minimum absolute atomic E-state index is 0.00840. The Morgan fingerprint density at radius 1 is 1.02 bits per heavy atom. The Labute approximate surface area is 373 Å². The van der Waals surface area contributed by atoms with Crippen LogP contribution in [0.3, 0.4) is 0 Å². The fraction of sp³-hybridized carbons (Fsp3) is 0.500. The van der Waals surface area contributed by atoms with Crippen molar-refractivity contribution < 1.29 is 37.7 Å². The number of benzene rings is 2. The van der Waals surface area contributed by atoms with Crippen LogP contribution in [0.25, 0.3) is 10.9 Å². The number of aliphatic hydroxyl groups excluding tert-OH is 2. The van der Waals surface area contributed by atoms with Crippen molar-refractivity contribution in [2.45, 2.75) is 121 Å². The molecule has 7 rings (SSSR count). The van der Waals surface area contributed by atoms with E-state index in [2.05, 4.69) is 28.7 Å². The summed E-state index contributed by atoms with van der Waals surface area (Å²) in [7, 11) is -4.28. The second-order valence-electron chi connectivity index (χ2n) is 18.0. The number of hydrogen-bond donors (Lipinski definition) is 2.